The maximum absolute atomic E-state index is 12.7. The van der Waals surface area contributed by atoms with Crippen molar-refractivity contribution >= 4 is 29.1 Å². The Bertz CT molecular complexity index is 1370. The fourth-order valence-corrected chi connectivity index (χ4v) is 3.86. The molecular weight excluding hydrogens is 466 g/mol. The van der Waals surface area contributed by atoms with Crippen LogP contribution >= 0.6 is 0 Å². The number of carbonyl (C=O) groups excluding carboxylic acids is 3. The summed E-state index contributed by atoms with van der Waals surface area (Å²) in [6.07, 6.45) is 1.85. The molecule has 1 aliphatic carbocycles. The number of nitro benzene ring substituents is 1. The Labute approximate surface area is 205 Å². The van der Waals surface area contributed by atoms with E-state index in [1.807, 2.05) is 6.92 Å². The van der Waals surface area contributed by atoms with E-state index in [4.69, 9.17) is 4.42 Å². The highest BCUT2D eigenvalue weighted by Gasteiger charge is 2.28. The fraction of sp³-hybridized carbons (Fsp3) is 0.200. The van der Waals surface area contributed by atoms with E-state index in [1.54, 1.807) is 31.2 Å². The zero-order valence-electron chi connectivity index (χ0n) is 19.6. The summed E-state index contributed by atoms with van der Waals surface area (Å²) >= 11 is 0. The molecule has 0 spiro atoms. The third-order valence-corrected chi connectivity index (χ3v) is 5.77. The van der Waals surface area contributed by atoms with Crippen LogP contribution in [0.15, 0.2) is 58.0 Å². The van der Waals surface area contributed by atoms with Crippen molar-refractivity contribution in [2.24, 2.45) is 5.10 Å². The average molecular weight is 489 g/mol. The molecule has 3 amide bonds. The minimum absolute atomic E-state index is 0.0421. The van der Waals surface area contributed by atoms with Crippen LogP contribution in [0.1, 0.15) is 66.6 Å². The molecule has 3 N–H and O–H groups in total. The van der Waals surface area contributed by atoms with E-state index >= 15 is 0 Å². The van der Waals surface area contributed by atoms with Gasteiger partial charge in [0.1, 0.15) is 5.76 Å². The van der Waals surface area contributed by atoms with Crippen molar-refractivity contribution in [1.29, 1.82) is 0 Å². The first kappa shape index (κ1) is 24.3. The predicted octanol–water partition coefficient (Wildman–Crippen LogP) is 3.35. The van der Waals surface area contributed by atoms with Crippen LogP contribution in [-0.2, 0) is 6.42 Å². The van der Waals surface area contributed by atoms with Crippen molar-refractivity contribution in [2.45, 2.75) is 33.1 Å². The number of fused-ring (bicyclic) bond motifs is 1. The number of hydrazine groups is 1. The van der Waals surface area contributed by atoms with Crippen LogP contribution < -0.4 is 16.3 Å². The molecule has 0 atom stereocenters. The summed E-state index contributed by atoms with van der Waals surface area (Å²) in [4.78, 5) is 47.7. The van der Waals surface area contributed by atoms with Gasteiger partial charge in [0.25, 0.3) is 17.5 Å². The van der Waals surface area contributed by atoms with E-state index < -0.39 is 22.6 Å². The lowest BCUT2D eigenvalue weighted by Gasteiger charge is -2.13. The third-order valence-electron chi connectivity index (χ3n) is 5.77. The first-order chi connectivity index (χ1) is 17.2. The largest absolute Gasteiger partial charge is 0.455 e. The summed E-state index contributed by atoms with van der Waals surface area (Å²) in [6, 6.07) is 12.1. The number of rotatable bonds is 5. The first-order valence-corrected chi connectivity index (χ1v) is 11.2. The van der Waals surface area contributed by atoms with Crippen LogP contribution in [0.5, 0.6) is 0 Å². The van der Waals surface area contributed by atoms with Crippen LogP contribution in [-0.4, -0.2) is 28.4 Å². The van der Waals surface area contributed by atoms with Gasteiger partial charge in [0.15, 0.2) is 5.76 Å². The van der Waals surface area contributed by atoms with Crippen molar-refractivity contribution in [3.05, 3.63) is 98.0 Å². The summed E-state index contributed by atoms with van der Waals surface area (Å²) in [5, 5.41) is 15.0. The first-order valence-electron chi connectivity index (χ1n) is 11.2. The molecule has 2 aromatic carbocycles. The summed E-state index contributed by atoms with van der Waals surface area (Å²) < 4.78 is 5.79. The summed E-state index contributed by atoms with van der Waals surface area (Å²) in [7, 11) is 0. The number of benzene rings is 2. The molecular formula is C25H23N5O6. The number of nitro groups is 1. The molecule has 36 heavy (non-hydrogen) atoms. The number of hydrazone groups is 1. The van der Waals surface area contributed by atoms with Crippen molar-refractivity contribution < 1.29 is 23.7 Å². The molecule has 4 rings (SSSR count). The molecule has 0 bridgehead atoms. The Morgan fingerprint density at radius 1 is 0.889 bits per heavy atom. The Hall–Kier alpha value is -4.80. The van der Waals surface area contributed by atoms with E-state index in [0.717, 1.165) is 5.56 Å². The van der Waals surface area contributed by atoms with Crippen molar-refractivity contribution in [3.8, 4) is 0 Å². The molecule has 11 nitrogen and oxygen atoms in total. The molecule has 0 aliphatic heterocycles. The highest BCUT2D eigenvalue weighted by molar-refractivity contribution is 6.07. The molecule has 11 heteroatoms. The van der Waals surface area contributed by atoms with E-state index in [2.05, 4.69) is 21.4 Å². The number of hydrogen-bond donors (Lipinski definition) is 3. The third kappa shape index (κ3) is 5.14. The van der Waals surface area contributed by atoms with Gasteiger partial charge in [-0.15, -0.1) is 0 Å². The summed E-state index contributed by atoms with van der Waals surface area (Å²) in [6.45, 7) is 3.61. The zero-order chi connectivity index (χ0) is 25.8. The van der Waals surface area contributed by atoms with Gasteiger partial charge in [0.2, 0.25) is 0 Å². The molecule has 1 heterocycles. The van der Waals surface area contributed by atoms with Gasteiger partial charge in [-0.25, -0.2) is 5.43 Å². The van der Waals surface area contributed by atoms with Gasteiger partial charge in [0, 0.05) is 40.8 Å². The van der Waals surface area contributed by atoms with Gasteiger partial charge < -0.3 is 4.42 Å². The molecule has 3 aromatic rings. The SMILES string of the molecule is Cc1ccc(C(=O)NNC(=O)c2oc3c(c2C)/C(=N/NC(=O)c2ccc([N+](=O)[O-])cc2)CCC3)cc1. The lowest BCUT2D eigenvalue weighted by molar-refractivity contribution is -0.384. The molecule has 1 aliphatic rings. The van der Waals surface area contributed by atoms with Crippen LogP contribution in [0.3, 0.4) is 0 Å². The van der Waals surface area contributed by atoms with Crippen LogP contribution in [0.4, 0.5) is 5.69 Å². The minimum Gasteiger partial charge on any atom is -0.455 e. The smallest absolute Gasteiger partial charge is 0.305 e. The molecule has 1 aromatic heterocycles. The Morgan fingerprint density at radius 3 is 2.17 bits per heavy atom. The highest BCUT2D eigenvalue weighted by Crippen LogP contribution is 2.29. The second-order valence-corrected chi connectivity index (χ2v) is 8.29. The van der Waals surface area contributed by atoms with Crippen molar-refractivity contribution in [2.75, 3.05) is 0 Å². The molecule has 0 fully saturated rings. The van der Waals surface area contributed by atoms with E-state index in [-0.39, 0.29) is 17.0 Å². The van der Waals surface area contributed by atoms with Crippen molar-refractivity contribution in [3.63, 3.8) is 0 Å². The number of nitrogens with one attached hydrogen (secondary N) is 3. The lowest BCUT2D eigenvalue weighted by Crippen LogP contribution is -2.41. The van der Waals surface area contributed by atoms with E-state index in [1.165, 1.54) is 24.3 Å². The maximum atomic E-state index is 12.7. The van der Waals surface area contributed by atoms with Gasteiger partial charge in [-0.1, -0.05) is 17.7 Å². The van der Waals surface area contributed by atoms with E-state index in [9.17, 15) is 24.5 Å². The van der Waals surface area contributed by atoms with Gasteiger partial charge in [-0.3, -0.25) is 35.3 Å². The van der Waals surface area contributed by atoms with Gasteiger partial charge in [-0.05, 0) is 51.0 Å². The van der Waals surface area contributed by atoms with Crippen LogP contribution in [0, 0.1) is 24.0 Å². The fourth-order valence-electron chi connectivity index (χ4n) is 3.86. The molecule has 0 unspecified atom stereocenters. The second kappa shape index (κ2) is 10.2. The molecule has 184 valence electrons. The van der Waals surface area contributed by atoms with Crippen LogP contribution in [0.2, 0.25) is 0 Å². The zero-order valence-corrected chi connectivity index (χ0v) is 19.6. The van der Waals surface area contributed by atoms with Crippen molar-refractivity contribution in [1.82, 2.24) is 16.3 Å². The predicted molar refractivity (Wildman–Crippen MR) is 130 cm³/mol. The molecule has 0 saturated carbocycles. The standard InChI is InChI=1S/C25H23N5O6/c1-14-6-8-16(9-7-14)24(32)28-29-25(33)22-15(2)21-19(4-3-5-20(21)36-22)26-27-23(31)17-10-12-18(13-11-17)30(34)35/h6-13H,3-5H2,1-2H3,(H,27,31)(H,28,32)(H,29,33)/b26-19+. The number of carbonyl (C=O) groups is 3. The number of non-ortho nitro benzene ring substituents is 1. The Morgan fingerprint density at radius 2 is 1.50 bits per heavy atom. The number of aryl methyl sites for hydroxylation is 2. The Kier molecular flexibility index (Phi) is 6.91. The quantitative estimate of drug-likeness (QED) is 0.369. The molecule has 0 saturated heterocycles. The normalized spacial score (nSPS) is 13.6. The van der Waals surface area contributed by atoms with Gasteiger partial charge >= 0.3 is 5.91 Å². The topological polar surface area (TPSA) is 156 Å². The molecule has 0 radical (unpaired) electrons. The summed E-state index contributed by atoms with van der Waals surface area (Å²) in [5.41, 5.74) is 10.4. The number of nitrogens with zero attached hydrogens (tertiary/aromatic N) is 2. The van der Waals surface area contributed by atoms with Crippen LogP contribution in [0.25, 0.3) is 0 Å². The average Bonchev–Trinajstić information content (AvgIpc) is 3.23. The summed E-state index contributed by atoms with van der Waals surface area (Å²) in [5.74, 6) is -0.995. The maximum Gasteiger partial charge on any atom is 0.305 e. The highest BCUT2D eigenvalue weighted by atomic mass is 16.6. The monoisotopic (exact) mass is 489 g/mol. The van der Waals surface area contributed by atoms with E-state index in [0.29, 0.717) is 47.4 Å². The minimum atomic E-state index is -0.614. The second-order valence-electron chi connectivity index (χ2n) is 8.29. The Balaban J connectivity index is 1.46. The van der Waals surface area contributed by atoms with Gasteiger partial charge in [0.05, 0.1) is 10.6 Å². The number of amides is 3. The van der Waals surface area contributed by atoms with Gasteiger partial charge in [-0.2, -0.15) is 5.10 Å². The lowest BCUT2D eigenvalue weighted by atomic mass is 9.93. The number of furan rings is 1. The number of hydrogen-bond acceptors (Lipinski definition) is 7.